The van der Waals surface area contributed by atoms with E-state index in [1.165, 1.54) is 5.56 Å². The lowest BCUT2D eigenvalue weighted by Crippen LogP contribution is -2.49. The van der Waals surface area contributed by atoms with Crippen LogP contribution in [0.1, 0.15) is 29.9 Å². The van der Waals surface area contributed by atoms with E-state index >= 15 is 0 Å². The number of ether oxygens (including phenoxy) is 1. The van der Waals surface area contributed by atoms with Gasteiger partial charge >= 0.3 is 0 Å². The summed E-state index contributed by atoms with van der Waals surface area (Å²) in [5.41, 5.74) is 3.65. The molecule has 4 aromatic rings. The molecule has 9 nitrogen and oxygen atoms in total. The van der Waals surface area contributed by atoms with Crippen LogP contribution in [0.15, 0.2) is 53.3 Å². The van der Waals surface area contributed by atoms with Crippen molar-refractivity contribution in [2.75, 3.05) is 44.8 Å². The maximum absolute atomic E-state index is 13.4. The van der Waals surface area contributed by atoms with Crippen LogP contribution in [0.5, 0.6) is 0 Å². The molecule has 1 aliphatic heterocycles. The third-order valence-electron chi connectivity index (χ3n) is 6.80. The predicted molar refractivity (Wildman–Crippen MR) is 141 cm³/mol. The number of halogens is 1. The highest BCUT2D eigenvalue weighted by molar-refractivity contribution is 6.30. The summed E-state index contributed by atoms with van der Waals surface area (Å²) in [7, 11) is 1.65. The van der Waals surface area contributed by atoms with Gasteiger partial charge in [-0.1, -0.05) is 30.7 Å². The van der Waals surface area contributed by atoms with Crippen molar-refractivity contribution in [2.24, 2.45) is 0 Å². The minimum absolute atomic E-state index is 0.129. The maximum atomic E-state index is 13.4. The molecule has 188 valence electrons. The first-order valence-electron chi connectivity index (χ1n) is 12.2. The third-order valence-corrected chi connectivity index (χ3v) is 7.04. The number of piperazine rings is 1. The van der Waals surface area contributed by atoms with Crippen LogP contribution in [-0.2, 0) is 17.7 Å². The predicted octanol–water partition coefficient (Wildman–Crippen LogP) is 3.29. The fourth-order valence-corrected chi connectivity index (χ4v) is 5.04. The Morgan fingerprint density at radius 3 is 2.69 bits per heavy atom. The van der Waals surface area contributed by atoms with Crippen molar-refractivity contribution in [3.8, 4) is 0 Å². The molecule has 0 radical (unpaired) electrons. The highest BCUT2D eigenvalue weighted by Gasteiger charge is 2.32. The number of nitrogens with one attached hydrogen (secondary N) is 1. The molecule has 1 aliphatic rings. The Morgan fingerprint density at radius 1 is 1.11 bits per heavy atom. The normalized spacial score (nSPS) is 15.5. The lowest BCUT2D eigenvalue weighted by atomic mass is 10.0. The zero-order valence-electron chi connectivity index (χ0n) is 20.5. The van der Waals surface area contributed by atoms with Gasteiger partial charge in [0, 0.05) is 55.1 Å². The lowest BCUT2D eigenvalue weighted by molar-refractivity contribution is 0.171. The van der Waals surface area contributed by atoms with E-state index < -0.39 is 6.04 Å². The van der Waals surface area contributed by atoms with E-state index in [9.17, 15) is 4.79 Å². The van der Waals surface area contributed by atoms with Gasteiger partial charge in [-0.3, -0.25) is 9.69 Å². The van der Waals surface area contributed by atoms with Gasteiger partial charge in [0.05, 0.1) is 13.2 Å². The standard InChI is InChI=1S/C26H30ClN7O2/c1-3-18-7-8-23-19(15-18)16-22(26(35)28-23)24(25-29-30-31-34(25)13-14-36-2)33-11-9-32(10-12-33)21-6-4-5-20(27)17-21/h4-8,15-17,24H,3,9-14H2,1-2H3,(H,28,35)/t24-/m0/s1. The van der Waals surface area contributed by atoms with Crippen LogP contribution < -0.4 is 10.5 Å². The number of aromatic amines is 1. The first kappa shape index (κ1) is 24.4. The Labute approximate surface area is 214 Å². The van der Waals surface area contributed by atoms with E-state index in [0.29, 0.717) is 24.5 Å². The van der Waals surface area contributed by atoms with Gasteiger partial charge in [-0.25, -0.2) is 4.68 Å². The molecule has 2 aromatic carbocycles. The number of H-pyrrole nitrogens is 1. The van der Waals surface area contributed by atoms with Crippen molar-refractivity contribution in [1.29, 1.82) is 0 Å². The van der Waals surface area contributed by atoms with Crippen molar-refractivity contribution >= 4 is 28.2 Å². The van der Waals surface area contributed by atoms with Gasteiger partial charge in [0.1, 0.15) is 6.04 Å². The number of pyridine rings is 1. The molecule has 1 N–H and O–H groups in total. The summed E-state index contributed by atoms with van der Waals surface area (Å²) in [5.74, 6) is 0.639. The maximum Gasteiger partial charge on any atom is 0.253 e. The number of rotatable bonds is 8. The number of hydrogen-bond donors (Lipinski definition) is 1. The number of aryl methyl sites for hydroxylation is 1. The van der Waals surface area contributed by atoms with Crippen LogP contribution in [0, 0.1) is 0 Å². The summed E-state index contributed by atoms with van der Waals surface area (Å²) < 4.78 is 7.01. The molecule has 36 heavy (non-hydrogen) atoms. The number of methoxy groups -OCH3 is 1. The first-order valence-corrected chi connectivity index (χ1v) is 12.6. The van der Waals surface area contributed by atoms with Crippen LogP contribution in [-0.4, -0.2) is 70.0 Å². The largest absolute Gasteiger partial charge is 0.383 e. The Kier molecular flexibility index (Phi) is 7.31. The molecule has 0 aliphatic carbocycles. The SMILES string of the molecule is CCc1ccc2[nH]c(=O)c([C@@H](c3nnnn3CCOC)N3CCN(c4cccc(Cl)c4)CC3)cc2c1. The molecule has 1 saturated heterocycles. The molecule has 0 amide bonds. The molecular formula is C26H30ClN7O2. The molecule has 0 bridgehead atoms. The van der Waals surface area contributed by atoms with E-state index in [1.807, 2.05) is 30.3 Å². The van der Waals surface area contributed by atoms with Crippen LogP contribution in [0.25, 0.3) is 10.9 Å². The van der Waals surface area contributed by atoms with Crippen LogP contribution in [0.2, 0.25) is 5.02 Å². The van der Waals surface area contributed by atoms with Crippen molar-refractivity contribution in [2.45, 2.75) is 25.9 Å². The molecule has 10 heteroatoms. The second-order valence-electron chi connectivity index (χ2n) is 8.99. The summed E-state index contributed by atoms with van der Waals surface area (Å²) in [6, 6.07) is 15.7. The Balaban J connectivity index is 1.52. The Morgan fingerprint density at radius 2 is 1.94 bits per heavy atom. The zero-order chi connectivity index (χ0) is 25.1. The van der Waals surface area contributed by atoms with E-state index in [1.54, 1.807) is 11.8 Å². The summed E-state index contributed by atoms with van der Waals surface area (Å²) in [4.78, 5) is 21.1. The average molecular weight is 508 g/mol. The quantitative estimate of drug-likeness (QED) is 0.391. The Bertz CT molecular complexity index is 1390. The number of hydrogen-bond acceptors (Lipinski definition) is 7. The van der Waals surface area contributed by atoms with Gasteiger partial charge in [0.15, 0.2) is 5.82 Å². The van der Waals surface area contributed by atoms with Crippen LogP contribution >= 0.6 is 11.6 Å². The lowest BCUT2D eigenvalue weighted by Gasteiger charge is -2.39. The molecule has 0 saturated carbocycles. The number of benzene rings is 2. The number of fused-ring (bicyclic) bond motifs is 1. The minimum atomic E-state index is -0.392. The second kappa shape index (κ2) is 10.8. The smallest absolute Gasteiger partial charge is 0.253 e. The number of anilines is 1. The van der Waals surface area contributed by atoms with Gasteiger partial charge in [0.25, 0.3) is 5.56 Å². The van der Waals surface area contributed by atoms with E-state index in [-0.39, 0.29) is 5.56 Å². The number of nitrogens with zero attached hydrogens (tertiary/aromatic N) is 6. The topological polar surface area (TPSA) is 92.2 Å². The highest BCUT2D eigenvalue weighted by Crippen LogP contribution is 2.29. The van der Waals surface area contributed by atoms with Gasteiger partial charge in [0.2, 0.25) is 0 Å². The van der Waals surface area contributed by atoms with Crippen molar-refractivity contribution < 1.29 is 4.74 Å². The van der Waals surface area contributed by atoms with Crippen LogP contribution in [0.3, 0.4) is 0 Å². The van der Waals surface area contributed by atoms with E-state index in [4.69, 9.17) is 16.3 Å². The van der Waals surface area contributed by atoms with Crippen LogP contribution in [0.4, 0.5) is 5.69 Å². The molecule has 0 spiro atoms. The van der Waals surface area contributed by atoms with Crippen molar-refractivity contribution in [3.05, 3.63) is 80.9 Å². The van der Waals surface area contributed by atoms with Gasteiger partial charge in [-0.05, 0) is 64.2 Å². The van der Waals surface area contributed by atoms with Crippen molar-refractivity contribution in [3.63, 3.8) is 0 Å². The number of aromatic nitrogens is 5. The second-order valence-corrected chi connectivity index (χ2v) is 9.42. The molecule has 3 heterocycles. The minimum Gasteiger partial charge on any atom is -0.383 e. The summed E-state index contributed by atoms with van der Waals surface area (Å²) in [6.45, 7) is 6.16. The Hall–Kier alpha value is -3.27. The van der Waals surface area contributed by atoms with E-state index in [2.05, 4.69) is 55.4 Å². The summed E-state index contributed by atoms with van der Waals surface area (Å²) >= 11 is 6.23. The van der Waals surface area contributed by atoms with Crippen molar-refractivity contribution in [1.82, 2.24) is 30.1 Å². The molecule has 2 aromatic heterocycles. The van der Waals surface area contributed by atoms with Gasteiger partial charge < -0.3 is 14.6 Å². The fraction of sp³-hybridized carbons (Fsp3) is 0.385. The molecular weight excluding hydrogens is 478 g/mol. The number of tetrazole rings is 1. The molecule has 5 rings (SSSR count). The average Bonchev–Trinajstić information content (AvgIpc) is 3.36. The zero-order valence-corrected chi connectivity index (χ0v) is 21.3. The third kappa shape index (κ3) is 5.00. The molecule has 1 atom stereocenters. The summed E-state index contributed by atoms with van der Waals surface area (Å²) in [6.07, 6.45) is 0.925. The monoisotopic (exact) mass is 507 g/mol. The van der Waals surface area contributed by atoms with Gasteiger partial charge in [-0.2, -0.15) is 0 Å². The molecule has 1 fully saturated rings. The summed E-state index contributed by atoms with van der Waals surface area (Å²) in [5, 5.41) is 14.3. The highest BCUT2D eigenvalue weighted by atomic mass is 35.5. The van der Waals surface area contributed by atoms with Gasteiger partial charge in [-0.15, -0.1) is 5.10 Å². The molecule has 0 unspecified atom stereocenters. The first-order chi connectivity index (χ1) is 17.6. The van der Waals surface area contributed by atoms with E-state index in [0.717, 1.165) is 54.2 Å². The fourth-order valence-electron chi connectivity index (χ4n) is 4.85.